The highest BCUT2D eigenvalue weighted by Crippen LogP contribution is 2.21. The lowest BCUT2D eigenvalue weighted by atomic mass is 10.1. The maximum Gasteiger partial charge on any atom is 0.0223 e. The molecule has 0 radical (unpaired) electrons. The fourth-order valence-corrected chi connectivity index (χ4v) is 3.60. The lowest BCUT2D eigenvalue weighted by Crippen LogP contribution is -2.37. The van der Waals surface area contributed by atoms with Gasteiger partial charge in [-0.15, -0.1) is 0 Å². The van der Waals surface area contributed by atoms with Crippen molar-refractivity contribution >= 4 is 0 Å². The van der Waals surface area contributed by atoms with E-state index in [1.807, 2.05) is 0 Å². The van der Waals surface area contributed by atoms with Gasteiger partial charge in [-0.1, -0.05) is 6.92 Å². The van der Waals surface area contributed by atoms with Gasteiger partial charge in [0.2, 0.25) is 0 Å². The summed E-state index contributed by atoms with van der Waals surface area (Å²) in [5.41, 5.74) is 0. The molecule has 0 aromatic heterocycles. The van der Waals surface area contributed by atoms with Gasteiger partial charge >= 0.3 is 0 Å². The first-order chi connectivity index (χ1) is 8.83. The molecule has 1 N–H and O–H groups in total. The number of nitrogens with one attached hydrogen (secondary N) is 1. The third kappa shape index (κ3) is 3.94. The van der Waals surface area contributed by atoms with E-state index in [0.717, 1.165) is 12.1 Å². The minimum Gasteiger partial charge on any atom is -0.317 e. The van der Waals surface area contributed by atoms with Crippen LogP contribution in [0.15, 0.2) is 0 Å². The van der Waals surface area contributed by atoms with Crippen LogP contribution >= 0.6 is 0 Å². The van der Waals surface area contributed by atoms with E-state index in [2.05, 4.69) is 29.1 Å². The molecule has 3 heteroatoms. The molecule has 0 amide bonds. The van der Waals surface area contributed by atoms with Crippen molar-refractivity contribution < 1.29 is 0 Å². The zero-order valence-corrected chi connectivity index (χ0v) is 12.3. The minimum atomic E-state index is 0.722. The summed E-state index contributed by atoms with van der Waals surface area (Å²) in [6, 6.07) is 1.60. The molecule has 3 nitrogen and oxygen atoms in total. The van der Waals surface area contributed by atoms with Crippen molar-refractivity contribution in [2.75, 3.05) is 39.8 Å². The van der Waals surface area contributed by atoms with Crippen LogP contribution in [0.3, 0.4) is 0 Å². The molecule has 2 fully saturated rings. The van der Waals surface area contributed by atoms with E-state index >= 15 is 0 Å². The molecule has 18 heavy (non-hydrogen) atoms. The molecule has 2 atom stereocenters. The number of hydrogen-bond donors (Lipinski definition) is 1. The van der Waals surface area contributed by atoms with Crippen molar-refractivity contribution in [3.63, 3.8) is 0 Å². The zero-order valence-electron chi connectivity index (χ0n) is 12.3. The first-order valence-corrected chi connectivity index (χ1v) is 7.97. The summed E-state index contributed by atoms with van der Waals surface area (Å²) in [7, 11) is 2.09. The molecule has 0 aliphatic carbocycles. The maximum atomic E-state index is 3.41. The predicted molar refractivity (Wildman–Crippen MR) is 78.0 cm³/mol. The normalized spacial score (nSPS) is 28.0. The summed E-state index contributed by atoms with van der Waals surface area (Å²) in [6.45, 7) is 8.94. The summed E-state index contributed by atoms with van der Waals surface area (Å²) in [5, 5.41) is 3.41. The van der Waals surface area contributed by atoms with Gasteiger partial charge in [-0.2, -0.15) is 0 Å². The number of nitrogens with zero attached hydrogens (tertiary/aromatic N) is 2. The lowest BCUT2D eigenvalue weighted by Gasteiger charge is -2.26. The Morgan fingerprint density at radius 2 is 2.06 bits per heavy atom. The summed E-state index contributed by atoms with van der Waals surface area (Å²) in [6.07, 6.45) is 8.18. The van der Waals surface area contributed by atoms with Crippen molar-refractivity contribution in [1.29, 1.82) is 0 Å². The molecule has 0 bridgehead atoms. The quantitative estimate of drug-likeness (QED) is 0.780. The first kappa shape index (κ1) is 14.3. The minimum absolute atomic E-state index is 0.722. The van der Waals surface area contributed by atoms with Gasteiger partial charge in [0.25, 0.3) is 0 Å². The standard InChI is InChI=1S/C15H31N3/c1-3-14(16-2)7-4-9-17-10-6-12-18-11-5-8-15(18)13-17/h14-16H,3-13H2,1-2H3. The van der Waals surface area contributed by atoms with Crippen LogP contribution in [-0.4, -0.2) is 61.7 Å². The first-order valence-electron chi connectivity index (χ1n) is 7.97. The summed E-state index contributed by atoms with van der Waals surface area (Å²) >= 11 is 0. The molecule has 0 saturated carbocycles. The second kappa shape index (κ2) is 7.46. The highest BCUT2D eigenvalue weighted by molar-refractivity contribution is 4.84. The van der Waals surface area contributed by atoms with Crippen molar-refractivity contribution in [2.24, 2.45) is 0 Å². The molecular formula is C15H31N3. The Kier molecular flexibility index (Phi) is 5.93. The third-order valence-electron chi connectivity index (χ3n) is 4.82. The molecule has 0 aromatic carbocycles. The van der Waals surface area contributed by atoms with Crippen LogP contribution in [-0.2, 0) is 0 Å². The Labute approximate surface area is 113 Å². The van der Waals surface area contributed by atoms with Gasteiger partial charge < -0.3 is 10.2 Å². The lowest BCUT2D eigenvalue weighted by molar-refractivity contribution is 0.216. The van der Waals surface area contributed by atoms with Crippen LogP contribution in [0.4, 0.5) is 0 Å². The van der Waals surface area contributed by atoms with Gasteiger partial charge in [-0.05, 0) is 71.8 Å². The predicted octanol–water partition coefficient (Wildman–Crippen LogP) is 1.93. The van der Waals surface area contributed by atoms with Gasteiger partial charge in [-0.25, -0.2) is 0 Å². The number of rotatable bonds is 6. The largest absolute Gasteiger partial charge is 0.317 e. The van der Waals surface area contributed by atoms with Gasteiger partial charge in [-0.3, -0.25) is 4.90 Å². The molecule has 2 aliphatic rings. The van der Waals surface area contributed by atoms with E-state index in [0.29, 0.717) is 0 Å². The average molecular weight is 253 g/mol. The summed E-state index contributed by atoms with van der Waals surface area (Å²) in [4.78, 5) is 5.45. The molecule has 106 valence electrons. The van der Waals surface area contributed by atoms with Crippen LogP contribution in [0.5, 0.6) is 0 Å². The van der Waals surface area contributed by atoms with Crippen LogP contribution in [0, 0.1) is 0 Å². The molecule has 2 aliphatic heterocycles. The van der Waals surface area contributed by atoms with E-state index in [4.69, 9.17) is 0 Å². The van der Waals surface area contributed by atoms with Gasteiger partial charge in [0, 0.05) is 18.6 Å². The molecular weight excluding hydrogens is 222 g/mol. The molecule has 0 spiro atoms. The molecule has 2 rings (SSSR count). The Balaban J connectivity index is 1.69. The topological polar surface area (TPSA) is 18.5 Å². The van der Waals surface area contributed by atoms with E-state index in [-0.39, 0.29) is 0 Å². The molecule has 2 saturated heterocycles. The summed E-state index contributed by atoms with van der Waals surface area (Å²) in [5.74, 6) is 0. The van der Waals surface area contributed by atoms with Crippen molar-refractivity contribution in [2.45, 2.75) is 57.5 Å². The molecule has 2 heterocycles. The second-order valence-corrected chi connectivity index (χ2v) is 6.02. The fraction of sp³-hybridized carbons (Fsp3) is 1.00. The van der Waals surface area contributed by atoms with Crippen LogP contribution in [0.1, 0.15) is 45.4 Å². The van der Waals surface area contributed by atoms with E-state index in [1.54, 1.807) is 0 Å². The Hall–Kier alpha value is -0.120. The molecule has 0 aromatic rings. The van der Waals surface area contributed by atoms with Crippen molar-refractivity contribution in [3.8, 4) is 0 Å². The van der Waals surface area contributed by atoms with Crippen LogP contribution in [0.2, 0.25) is 0 Å². The fourth-order valence-electron chi connectivity index (χ4n) is 3.60. The second-order valence-electron chi connectivity index (χ2n) is 6.02. The smallest absolute Gasteiger partial charge is 0.0223 e. The summed E-state index contributed by atoms with van der Waals surface area (Å²) < 4.78 is 0. The highest BCUT2D eigenvalue weighted by Gasteiger charge is 2.28. The SMILES string of the molecule is CCC(CCCN1CCCN2CCCC2C1)NC. The third-order valence-corrected chi connectivity index (χ3v) is 4.82. The van der Waals surface area contributed by atoms with Crippen molar-refractivity contribution in [3.05, 3.63) is 0 Å². The van der Waals surface area contributed by atoms with Crippen molar-refractivity contribution in [1.82, 2.24) is 15.1 Å². The van der Waals surface area contributed by atoms with Crippen LogP contribution < -0.4 is 5.32 Å². The Morgan fingerprint density at radius 1 is 1.22 bits per heavy atom. The van der Waals surface area contributed by atoms with Gasteiger partial charge in [0.15, 0.2) is 0 Å². The Morgan fingerprint density at radius 3 is 2.83 bits per heavy atom. The Bertz CT molecular complexity index is 228. The van der Waals surface area contributed by atoms with E-state index in [9.17, 15) is 0 Å². The van der Waals surface area contributed by atoms with Gasteiger partial charge in [0.1, 0.15) is 0 Å². The highest BCUT2D eigenvalue weighted by atomic mass is 15.3. The van der Waals surface area contributed by atoms with Gasteiger partial charge in [0.05, 0.1) is 0 Å². The monoisotopic (exact) mass is 253 g/mol. The van der Waals surface area contributed by atoms with E-state index < -0.39 is 0 Å². The number of fused-ring (bicyclic) bond motifs is 1. The zero-order chi connectivity index (χ0) is 12.8. The van der Waals surface area contributed by atoms with E-state index in [1.165, 1.54) is 71.2 Å². The van der Waals surface area contributed by atoms with Crippen LogP contribution in [0.25, 0.3) is 0 Å². The maximum absolute atomic E-state index is 3.41. The number of hydrogen-bond acceptors (Lipinski definition) is 3. The average Bonchev–Trinajstić information content (AvgIpc) is 2.73. The molecule has 2 unspecified atom stereocenters.